The second-order valence-electron chi connectivity index (χ2n) is 2.81. The third-order valence-corrected chi connectivity index (χ3v) is 1.91. The summed E-state index contributed by atoms with van der Waals surface area (Å²) in [5, 5.41) is 11.5. The maximum Gasteiger partial charge on any atom is 0.317 e. The Balaban J connectivity index is 2.47. The van der Waals surface area contributed by atoms with Crippen LogP contribution in [0.5, 0.6) is 0 Å². The molecule has 1 heterocycles. The summed E-state index contributed by atoms with van der Waals surface area (Å²) in [6.45, 7) is 3.39. The van der Waals surface area contributed by atoms with Crippen LogP contribution in [0.15, 0.2) is 0 Å². The molecular formula is C7H14N2O2. The number of rotatable bonds is 2. The molecule has 2 amide bonds. The Morgan fingerprint density at radius 2 is 2.55 bits per heavy atom. The van der Waals surface area contributed by atoms with E-state index in [4.69, 9.17) is 5.11 Å². The highest BCUT2D eigenvalue weighted by Gasteiger charge is 2.21. The van der Waals surface area contributed by atoms with Gasteiger partial charge in [-0.05, 0) is 13.3 Å². The summed E-state index contributed by atoms with van der Waals surface area (Å²) in [6, 6.07) is -0.117. The van der Waals surface area contributed by atoms with Gasteiger partial charge in [0.2, 0.25) is 0 Å². The van der Waals surface area contributed by atoms with Crippen LogP contribution in [0.2, 0.25) is 0 Å². The highest BCUT2D eigenvalue weighted by molar-refractivity contribution is 5.75. The molecule has 0 radical (unpaired) electrons. The van der Waals surface area contributed by atoms with Crippen molar-refractivity contribution in [3.05, 3.63) is 0 Å². The van der Waals surface area contributed by atoms with Gasteiger partial charge in [-0.15, -0.1) is 0 Å². The number of aliphatic hydroxyl groups excluding tert-OH is 1. The van der Waals surface area contributed by atoms with Crippen molar-refractivity contribution in [1.29, 1.82) is 0 Å². The van der Waals surface area contributed by atoms with E-state index in [0.29, 0.717) is 0 Å². The summed E-state index contributed by atoms with van der Waals surface area (Å²) in [5.41, 5.74) is 0. The molecule has 1 fully saturated rings. The predicted molar refractivity (Wildman–Crippen MR) is 41.3 cm³/mol. The molecule has 0 saturated carbocycles. The van der Waals surface area contributed by atoms with Gasteiger partial charge in [0.15, 0.2) is 0 Å². The van der Waals surface area contributed by atoms with Gasteiger partial charge in [-0.2, -0.15) is 0 Å². The van der Waals surface area contributed by atoms with Crippen LogP contribution in [0.25, 0.3) is 0 Å². The Hall–Kier alpha value is -0.770. The first-order valence-electron chi connectivity index (χ1n) is 3.91. The number of amides is 2. The van der Waals surface area contributed by atoms with E-state index in [1.54, 1.807) is 4.90 Å². The van der Waals surface area contributed by atoms with E-state index in [0.717, 1.165) is 19.5 Å². The molecule has 1 aliphatic heterocycles. The molecule has 2 N–H and O–H groups in total. The van der Waals surface area contributed by atoms with Crippen LogP contribution in [0, 0.1) is 0 Å². The van der Waals surface area contributed by atoms with E-state index in [1.807, 2.05) is 6.92 Å². The quantitative estimate of drug-likeness (QED) is 0.584. The van der Waals surface area contributed by atoms with Gasteiger partial charge in [-0.1, -0.05) is 0 Å². The van der Waals surface area contributed by atoms with Crippen molar-refractivity contribution in [3.63, 3.8) is 0 Å². The largest absolute Gasteiger partial charge is 0.394 e. The molecule has 0 spiro atoms. The molecule has 0 aromatic rings. The molecule has 4 heteroatoms. The molecular weight excluding hydrogens is 144 g/mol. The lowest BCUT2D eigenvalue weighted by molar-refractivity contribution is 0.130. The summed E-state index contributed by atoms with van der Waals surface area (Å²) < 4.78 is 0. The molecule has 0 aromatic heterocycles. The van der Waals surface area contributed by atoms with Gasteiger partial charge < -0.3 is 15.3 Å². The number of aliphatic hydroxyl groups is 1. The van der Waals surface area contributed by atoms with E-state index < -0.39 is 0 Å². The molecule has 4 nitrogen and oxygen atoms in total. The van der Waals surface area contributed by atoms with Crippen molar-refractivity contribution in [2.75, 3.05) is 19.7 Å². The topological polar surface area (TPSA) is 52.6 Å². The van der Waals surface area contributed by atoms with E-state index >= 15 is 0 Å². The minimum Gasteiger partial charge on any atom is -0.394 e. The van der Waals surface area contributed by atoms with Crippen molar-refractivity contribution in [1.82, 2.24) is 10.2 Å². The lowest BCUT2D eigenvalue weighted by Gasteiger charge is -2.31. The fourth-order valence-corrected chi connectivity index (χ4v) is 1.17. The van der Waals surface area contributed by atoms with Gasteiger partial charge in [-0.3, -0.25) is 0 Å². The Bertz CT molecular complexity index is 149. The zero-order valence-corrected chi connectivity index (χ0v) is 6.71. The predicted octanol–water partition coefficient (Wildman–Crippen LogP) is -0.217. The van der Waals surface area contributed by atoms with E-state index in [2.05, 4.69) is 5.32 Å². The summed E-state index contributed by atoms with van der Waals surface area (Å²) in [6.07, 6.45) is 0.968. The third-order valence-electron chi connectivity index (χ3n) is 1.91. The van der Waals surface area contributed by atoms with Crippen LogP contribution in [0.1, 0.15) is 13.3 Å². The monoisotopic (exact) mass is 158 g/mol. The fourth-order valence-electron chi connectivity index (χ4n) is 1.17. The average molecular weight is 158 g/mol. The highest BCUT2D eigenvalue weighted by Crippen LogP contribution is 2.03. The molecule has 1 atom stereocenters. The van der Waals surface area contributed by atoms with Crippen LogP contribution >= 0.6 is 0 Å². The first-order valence-corrected chi connectivity index (χ1v) is 3.91. The summed E-state index contributed by atoms with van der Waals surface area (Å²) >= 11 is 0. The molecule has 0 aliphatic carbocycles. The number of carbonyl (C=O) groups is 1. The molecule has 0 unspecified atom stereocenters. The van der Waals surface area contributed by atoms with Crippen LogP contribution in [0.3, 0.4) is 0 Å². The molecule has 64 valence electrons. The SMILES string of the molecule is C[C@@H](CO)N1CCCNC1=O. The Kier molecular flexibility index (Phi) is 2.70. The normalized spacial score (nSPS) is 21.3. The van der Waals surface area contributed by atoms with Gasteiger partial charge in [0.25, 0.3) is 0 Å². The summed E-state index contributed by atoms with van der Waals surface area (Å²) in [4.78, 5) is 12.8. The average Bonchev–Trinajstić information content (AvgIpc) is 2.04. The minimum atomic E-state index is -0.0599. The van der Waals surface area contributed by atoms with Gasteiger partial charge in [0, 0.05) is 13.1 Å². The van der Waals surface area contributed by atoms with Crippen LogP contribution < -0.4 is 5.32 Å². The first kappa shape index (κ1) is 8.33. The molecule has 11 heavy (non-hydrogen) atoms. The Morgan fingerprint density at radius 3 is 3.09 bits per heavy atom. The van der Waals surface area contributed by atoms with Crippen LogP contribution in [0.4, 0.5) is 4.79 Å². The highest BCUT2D eigenvalue weighted by atomic mass is 16.3. The number of hydrogen-bond donors (Lipinski definition) is 2. The molecule has 1 rings (SSSR count). The van der Waals surface area contributed by atoms with Gasteiger partial charge in [0.1, 0.15) is 0 Å². The maximum absolute atomic E-state index is 11.1. The van der Waals surface area contributed by atoms with Crippen LogP contribution in [-0.2, 0) is 0 Å². The molecule has 0 bridgehead atoms. The standard InChI is InChI=1S/C7H14N2O2/c1-6(5-10)9-4-2-3-8-7(9)11/h6,10H,2-5H2,1H3,(H,8,11)/t6-/m0/s1. The third kappa shape index (κ3) is 1.83. The Labute approximate surface area is 66.2 Å². The molecule has 0 aromatic carbocycles. The van der Waals surface area contributed by atoms with Crippen molar-refractivity contribution in [3.8, 4) is 0 Å². The fraction of sp³-hybridized carbons (Fsp3) is 0.857. The van der Waals surface area contributed by atoms with Crippen molar-refractivity contribution < 1.29 is 9.90 Å². The first-order chi connectivity index (χ1) is 5.25. The zero-order chi connectivity index (χ0) is 8.27. The lowest BCUT2D eigenvalue weighted by atomic mass is 10.2. The van der Waals surface area contributed by atoms with Gasteiger partial charge in [0.05, 0.1) is 12.6 Å². The van der Waals surface area contributed by atoms with E-state index in [-0.39, 0.29) is 18.7 Å². The lowest BCUT2D eigenvalue weighted by Crippen LogP contribution is -2.51. The van der Waals surface area contributed by atoms with Crippen molar-refractivity contribution in [2.45, 2.75) is 19.4 Å². The smallest absolute Gasteiger partial charge is 0.317 e. The second-order valence-corrected chi connectivity index (χ2v) is 2.81. The van der Waals surface area contributed by atoms with Crippen molar-refractivity contribution in [2.24, 2.45) is 0 Å². The minimum absolute atomic E-state index is 0.0351. The number of nitrogens with zero attached hydrogens (tertiary/aromatic N) is 1. The zero-order valence-electron chi connectivity index (χ0n) is 6.71. The van der Waals surface area contributed by atoms with Crippen LogP contribution in [-0.4, -0.2) is 41.8 Å². The van der Waals surface area contributed by atoms with Gasteiger partial charge >= 0.3 is 6.03 Å². The Morgan fingerprint density at radius 1 is 1.82 bits per heavy atom. The maximum atomic E-state index is 11.1. The number of nitrogens with one attached hydrogen (secondary N) is 1. The number of urea groups is 1. The number of carbonyl (C=O) groups excluding carboxylic acids is 1. The molecule has 1 saturated heterocycles. The second kappa shape index (κ2) is 3.57. The van der Waals surface area contributed by atoms with E-state index in [1.165, 1.54) is 0 Å². The summed E-state index contributed by atoms with van der Waals surface area (Å²) in [5.74, 6) is 0. The summed E-state index contributed by atoms with van der Waals surface area (Å²) in [7, 11) is 0. The van der Waals surface area contributed by atoms with E-state index in [9.17, 15) is 4.79 Å². The molecule has 1 aliphatic rings. The number of hydrogen-bond acceptors (Lipinski definition) is 2. The van der Waals surface area contributed by atoms with Gasteiger partial charge in [-0.25, -0.2) is 4.79 Å². The van der Waals surface area contributed by atoms with Crippen molar-refractivity contribution >= 4 is 6.03 Å².